The number of carbonyl (C=O) groups excluding carboxylic acids is 5. The molecule has 1 aliphatic carbocycles. The largest absolute Gasteiger partial charge is 0.466 e. The minimum atomic E-state index is -1.18. The predicted octanol–water partition coefficient (Wildman–Crippen LogP) is 5.06. The number of aliphatic hydroxyl groups excluding tert-OH is 1. The van der Waals surface area contributed by atoms with Crippen molar-refractivity contribution >= 4 is 46.3 Å². The van der Waals surface area contributed by atoms with Crippen LogP contribution in [0.4, 0.5) is 5.69 Å². The summed E-state index contributed by atoms with van der Waals surface area (Å²) in [5.41, 5.74) is 3.13. The third kappa shape index (κ3) is 12.9. The average Bonchev–Trinajstić information content (AvgIpc) is 3.65. The molecule has 2 amide bonds. The Morgan fingerprint density at radius 3 is 2.22 bits per heavy atom. The quantitative estimate of drug-likeness (QED) is 0.0471. The maximum absolute atomic E-state index is 13.6. The fourth-order valence-corrected chi connectivity index (χ4v) is 7.02. The molecule has 0 bridgehead atoms. The maximum atomic E-state index is 13.6. The zero-order valence-electron chi connectivity index (χ0n) is 35.3. The number of H-pyrrole nitrogens is 1. The minimum absolute atomic E-state index is 0.000206. The lowest BCUT2D eigenvalue weighted by Crippen LogP contribution is -2.46. The van der Waals surface area contributed by atoms with Crippen LogP contribution in [0.1, 0.15) is 125 Å². The molecular weight excluding hydrogens is 771 g/mol. The number of aryl methyl sites for hydroxylation is 1. The van der Waals surface area contributed by atoms with Crippen LogP contribution in [0.5, 0.6) is 0 Å². The van der Waals surface area contributed by atoms with Gasteiger partial charge in [-0.2, -0.15) is 0 Å². The number of benzene rings is 2. The van der Waals surface area contributed by atoms with Crippen molar-refractivity contribution in [1.29, 1.82) is 0 Å². The number of likely N-dealkylation sites (N-methyl/N-ethyl adjacent to an activating group) is 1. The van der Waals surface area contributed by atoms with E-state index in [1.807, 2.05) is 37.8 Å². The number of nitrogens with one attached hydrogen (secondary N) is 2. The van der Waals surface area contributed by atoms with E-state index in [-0.39, 0.29) is 81.6 Å². The van der Waals surface area contributed by atoms with E-state index >= 15 is 0 Å². The first-order valence-corrected chi connectivity index (χ1v) is 21.0. The number of aromatic amines is 1. The van der Waals surface area contributed by atoms with Crippen LogP contribution in [-0.2, 0) is 46.4 Å². The fourth-order valence-electron chi connectivity index (χ4n) is 7.02. The second kappa shape index (κ2) is 23.7. The number of hydrogen-bond acceptors (Lipinski definition) is 12. The highest BCUT2D eigenvalue weighted by Gasteiger charge is 2.32. The Balaban J connectivity index is 1.48. The van der Waals surface area contributed by atoms with Gasteiger partial charge in [0, 0.05) is 31.1 Å². The summed E-state index contributed by atoms with van der Waals surface area (Å²) < 4.78 is 16.1. The van der Waals surface area contributed by atoms with Gasteiger partial charge in [0.15, 0.2) is 0 Å². The molecule has 15 heteroatoms. The zero-order chi connectivity index (χ0) is 43.6. The molecule has 3 atom stereocenters. The SMILES string of the molecule is C#CCN(c1ccc(C(=O)N[C@@H](CCC(=O)N(C)[C@H](CCC(=O)OCCCC)C(=O)OCCCC)C(=O)OCCCC)cc1)C1CCc2cc3nc(CO)[nH]c(=O)c3cc21. The number of nitrogens with zero attached hydrogens (tertiary/aromatic N) is 3. The molecule has 1 aliphatic rings. The van der Waals surface area contributed by atoms with Crippen LogP contribution < -0.4 is 15.8 Å². The second-order valence-electron chi connectivity index (χ2n) is 14.9. The van der Waals surface area contributed by atoms with Crippen molar-refractivity contribution in [1.82, 2.24) is 20.2 Å². The third-order valence-corrected chi connectivity index (χ3v) is 10.5. The molecule has 0 saturated heterocycles. The van der Waals surface area contributed by atoms with E-state index < -0.39 is 41.8 Å². The van der Waals surface area contributed by atoms with E-state index in [2.05, 4.69) is 21.2 Å². The number of fused-ring (bicyclic) bond motifs is 2. The van der Waals surface area contributed by atoms with Gasteiger partial charge in [-0.3, -0.25) is 19.2 Å². The number of ether oxygens (including phenoxy) is 3. The van der Waals surface area contributed by atoms with Crippen molar-refractivity contribution in [2.75, 3.05) is 38.3 Å². The molecule has 0 saturated carbocycles. The molecule has 1 heterocycles. The maximum Gasteiger partial charge on any atom is 0.328 e. The Bertz CT molecular complexity index is 2040. The number of unbranched alkanes of at least 4 members (excludes halogenated alkanes) is 3. The van der Waals surface area contributed by atoms with Gasteiger partial charge in [0.05, 0.1) is 43.3 Å². The molecule has 4 rings (SSSR count). The molecule has 2 aromatic carbocycles. The number of amides is 2. The number of anilines is 1. The lowest BCUT2D eigenvalue weighted by atomic mass is 10.0. The van der Waals surface area contributed by atoms with Crippen LogP contribution in [-0.4, -0.2) is 95.2 Å². The van der Waals surface area contributed by atoms with Crippen LogP contribution in [0.3, 0.4) is 0 Å². The van der Waals surface area contributed by atoms with E-state index in [0.29, 0.717) is 30.2 Å². The first-order valence-electron chi connectivity index (χ1n) is 21.0. The number of hydrogen-bond donors (Lipinski definition) is 3. The van der Waals surface area contributed by atoms with Gasteiger partial charge in [-0.1, -0.05) is 46.0 Å². The van der Waals surface area contributed by atoms with E-state index in [0.717, 1.165) is 48.9 Å². The topological polar surface area (TPSA) is 198 Å². The van der Waals surface area contributed by atoms with Crippen LogP contribution in [0.15, 0.2) is 41.2 Å². The highest BCUT2D eigenvalue weighted by molar-refractivity contribution is 5.97. The number of terminal acetylenes is 1. The third-order valence-electron chi connectivity index (χ3n) is 10.5. The molecule has 0 fully saturated rings. The van der Waals surface area contributed by atoms with Gasteiger partial charge in [-0.15, -0.1) is 6.42 Å². The molecule has 15 nitrogen and oxygen atoms in total. The number of rotatable bonds is 24. The fraction of sp³-hybridized carbons (Fsp3) is 0.533. The summed E-state index contributed by atoms with van der Waals surface area (Å²) in [5.74, 6) is 0.0697. The van der Waals surface area contributed by atoms with E-state index in [9.17, 15) is 33.9 Å². The van der Waals surface area contributed by atoms with E-state index in [4.69, 9.17) is 20.6 Å². The van der Waals surface area contributed by atoms with E-state index in [1.54, 1.807) is 24.3 Å². The molecule has 60 heavy (non-hydrogen) atoms. The standard InChI is InChI=1S/C45H59N5O10/c1-6-10-24-58-41(53)22-20-38(45(57)60-26-12-8-3)49(5)40(52)21-18-35(44(56)59-25-11-7-2)47-42(54)30-13-16-32(17-14-30)50(23-9-4)37-19-15-31-27-36-34(28-33(31)37)43(55)48-39(29-51)46-36/h4,13-14,16-17,27-28,35,37-38,51H,6-8,10-12,15,18-26,29H2,1-3,5H3,(H,47,54)(H,46,48,55)/t35-,37?,38+/m0/s1. The Morgan fingerprint density at radius 1 is 0.933 bits per heavy atom. The van der Waals surface area contributed by atoms with Gasteiger partial charge in [0.1, 0.15) is 24.5 Å². The van der Waals surface area contributed by atoms with Crippen LogP contribution >= 0.6 is 0 Å². The molecule has 0 radical (unpaired) electrons. The minimum Gasteiger partial charge on any atom is -0.466 e. The van der Waals surface area contributed by atoms with Gasteiger partial charge >= 0.3 is 17.9 Å². The molecule has 0 aliphatic heterocycles. The Morgan fingerprint density at radius 2 is 1.58 bits per heavy atom. The van der Waals surface area contributed by atoms with Gasteiger partial charge in [0.2, 0.25) is 5.91 Å². The Labute approximate surface area is 351 Å². The number of aromatic nitrogens is 2. The summed E-state index contributed by atoms with van der Waals surface area (Å²) in [6.07, 6.45) is 11.3. The average molecular weight is 830 g/mol. The van der Waals surface area contributed by atoms with Gasteiger partial charge < -0.3 is 39.4 Å². The summed E-state index contributed by atoms with van der Waals surface area (Å²) >= 11 is 0. The van der Waals surface area contributed by atoms with Gasteiger partial charge in [0.25, 0.3) is 11.5 Å². The molecule has 0 spiro atoms. The number of carbonyl (C=O) groups is 5. The lowest BCUT2D eigenvalue weighted by molar-refractivity contribution is -0.156. The summed E-state index contributed by atoms with van der Waals surface area (Å²) in [5, 5.41) is 12.7. The number of aliphatic hydroxyl groups is 1. The molecule has 1 unspecified atom stereocenters. The predicted molar refractivity (Wildman–Crippen MR) is 226 cm³/mol. The Kier molecular flexibility index (Phi) is 18.6. The summed E-state index contributed by atoms with van der Waals surface area (Å²) in [6, 6.07) is 8.09. The second-order valence-corrected chi connectivity index (χ2v) is 14.9. The summed E-state index contributed by atoms with van der Waals surface area (Å²) in [4.78, 5) is 89.0. The molecule has 3 N–H and O–H groups in total. The molecule has 1 aromatic heterocycles. The zero-order valence-corrected chi connectivity index (χ0v) is 35.3. The first kappa shape index (κ1) is 46.9. The summed E-state index contributed by atoms with van der Waals surface area (Å²) in [6.45, 7) is 6.34. The first-order chi connectivity index (χ1) is 28.9. The van der Waals surface area contributed by atoms with Crippen molar-refractivity contribution < 1.29 is 43.3 Å². The van der Waals surface area contributed by atoms with Gasteiger partial charge in [-0.25, -0.2) is 14.6 Å². The Hall–Kier alpha value is -5.75. The molecular formula is C45H59N5O10. The number of esters is 3. The lowest BCUT2D eigenvalue weighted by Gasteiger charge is -2.30. The van der Waals surface area contributed by atoms with Crippen molar-refractivity contribution in [2.45, 2.75) is 123 Å². The normalized spacial score (nSPS) is 14.0. The molecule has 324 valence electrons. The van der Waals surface area contributed by atoms with Crippen molar-refractivity contribution in [3.05, 3.63) is 69.3 Å². The smallest absolute Gasteiger partial charge is 0.328 e. The highest BCUT2D eigenvalue weighted by atomic mass is 16.5. The summed E-state index contributed by atoms with van der Waals surface area (Å²) in [7, 11) is 1.45. The van der Waals surface area contributed by atoms with Crippen LogP contribution in [0.2, 0.25) is 0 Å². The van der Waals surface area contributed by atoms with Crippen molar-refractivity contribution in [2.24, 2.45) is 0 Å². The van der Waals surface area contributed by atoms with E-state index in [1.165, 1.54) is 11.9 Å². The van der Waals surface area contributed by atoms with Crippen molar-refractivity contribution in [3.8, 4) is 12.3 Å². The van der Waals surface area contributed by atoms with Crippen molar-refractivity contribution in [3.63, 3.8) is 0 Å². The van der Waals surface area contributed by atoms with Crippen LogP contribution in [0.25, 0.3) is 10.9 Å². The van der Waals surface area contributed by atoms with Gasteiger partial charge in [-0.05, 0) is 92.5 Å². The molecule has 3 aromatic rings. The van der Waals surface area contributed by atoms with Crippen LogP contribution in [0, 0.1) is 12.3 Å². The highest BCUT2D eigenvalue weighted by Crippen LogP contribution is 2.39. The monoisotopic (exact) mass is 829 g/mol.